The van der Waals surface area contributed by atoms with Gasteiger partial charge in [0.25, 0.3) is 0 Å². The minimum absolute atomic E-state index is 0.135. The molecule has 3 aromatic rings. The number of rotatable bonds is 10. The van der Waals surface area contributed by atoms with Crippen molar-refractivity contribution < 1.29 is 28.2 Å². The van der Waals surface area contributed by atoms with Crippen molar-refractivity contribution in [1.29, 1.82) is 0 Å². The van der Waals surface area contributed by atoms with Gasteiger partial charge in [-0.3, -0.25) is 0 Å². The van der Waals surface area contributed by atoms with Gasteiger partial charge in [-0.15, -0.1) is 0 Å². The predicted molar refractivity (Wildman–Crippen MR) is 134 cm³/mol. The number of esters is 2. The fraction of sp³-hybridized carbons (Fsp3) is 0.172. The number of hydrogen-bond acceptors (Lipinski definition) is 5. The van der Waals surface area contributed by atoms with Gasteiger partial charge in [-0.1, -0.05) is 49.6 Å². The summed E-state index contributed by atoms with van der Waals surface area (Å²) >= 11 is 0. The van der Waals surface area contributed by atoms with Crippen LogP contribution in [0, 0.1) is 5.82 Å². The molecule has 0 aliphatic carbocycles. The summed E-state index contributed by atoms with van der Waals surface area (Å²) < 4.78 is 30.3. The van der Waals surface area contributed by atoms with E-state index in [2.05, 4.69) is 13.2 Å². The molecule has 0 N–H and O–H groups in total. The van der Waals surface area contributed by atoms with Crippen LogP contribution in [0.2, 0.25) is 0 Å². The molecule has 6 heteroatoms. The monoisotopic (exact) mass is 474 g/mol. The van der Waals surface area contributed by atoms with Crippen LogP contribution in [0.1, 0.15) is 20.3 Å². The van der Waals surface area contributed by atoms with Gasteiger partial charge in [0.1, 0.15) is 5.75 Å². The summed E-state index contributed by atoms with van der Waals surface area (Å²) in [5.74, 6) is -0.832. The molecule has 0 radical (unpaired) electrons. The Morgan fingerprint density at radius 2 is 1.37 bits per heavy atom. The Hall–Kier alpha value is -4.19. The van der Waals surface area contributed by atoms with Crippen molar-refractivity contribution in [2.24, 2.45) is 0 Å². The summed E-state index contributed by atoms with van der Waals surface area (Å²) in [6, 6.07) is 19.6. The normalized spacial score (nSPS) is 10.4. The molecule has 0 saturated heterocycles. The first-order chi connectivity index (χ1) is 16.7. The maximum Gasteiger partial charge on any atom is 0.338 e. The highest BCUT2D eigenvalue weighted by Gasteiger charge is 2.09. The van der Waals surface area contributed by atoms with E-state index in [9.17, 15) is 14.0 Å². The van der Waals surface area contributed by atoms with E-state index in [0.717, 1.165) is 16.7 Å². The topological polar surface area (TPSA) is 61.8 Å². The number of carbonyl (C=O) groups excluding carboxylic acids is 2. The number of hydrogen-bond donors (Lipinski definition) is 0. The summed E-state index contributed by atoms with van der Waals surface area (Å²) in [5, 5.41) is 0. The Labute approximate surface area is 204 Å². The summed E-state index contributed by atoms with van der Waals surface area (Å²) in [7, 11) is 0. The molecule has 0 saturated carbocycles. The molecule has 0 aromatic heterocycles. The summed E-state index contributed by atoms with van der Waals surface area (Å²) in [6.07, 6.45) is 0.438. The van der Waals surface area contributed by atoms with Gasteiger partial charge >= 0.3 is 11.9 Å². The standard InChI is InChI=1S/C29H27FO5/c1-19(2)28(31)34-16-6-15-33-27-14-11-24(18-26(27)30)23-8-5-7-22(17-23)21-9-12-25(13-10-21)35-29(32)20(3)4/h5,7-14,17-18H,1,3,6,15-16H2,2,4H3. The van der Waals surface area contributed by atoms with Crippen molar-refractivity contribution in [2.45, 2.75) is 20.3 Å². The number of halogens is 1. The van der Waals surface area contributed by atoms with Crippen molar-refractivity contribution in [3.8, 4) is 33.8 Å². The van der Waals surface area contributed by atoms with E-state index in [1.807, 2.05) is 36.4 Å². The van der Waals surface area contributed by atoms with Crippen molar-refractivity contribution in [3.63, 3.8) is 0 Å². The molecule has 35 heavy (non-hydrogen) atoms. The third-order valence-corrected chi connectivity index (χ3v) is 5.00. The molecular formula is C29H27FO5. The zero-order valence-electron chi connectivity index (χ0n) is 19.8. The van der Waals surface area contributed by atoms with E-state index >= 15 is 0 Å². The minimum Gasteiger partial charge on any atom is -0.490 e. The summed E-state index contributed by atoms with van der Waals surface area (Å²) in [6.45, 7) is 10.6. The molecule has 0 bridgehead atoms. The summed E-state index contributed by atoms with van der Waals surface area (Å²) in [5.41, 5.74) is 4.07. The molecule has 0 amide bonds. The molecule has 0 unspecified atom stereocenters. The van der Waals surface area contributed by atoms with Crippen molar-refractivity contribution in [3.05, 3.63) is 96.9 Å². The SMILES string of the molecule is C=C(C)C(=O)OCCCOc1ccc(-c2cccc(-c3ccc(OC(=O)C(=C)C)cc3)c2)cc1F. The second kappa shape index (κ2) is 11.8. The highest BCUT2D eigenvalue weighted by atomic mass is 19.1. The van der Waals surface area contributed by atoms with E-state index in [-0.39, 0.29) is 19.0 Å². The van der Waals surface area contributed by atoms with E-state index in [1.165, 1.54) is 6.07 Å². The lowest BCUT2D eigenvalue weighted by Crippen LogP contribution is -2.09. The van der Waals surface area contributed by atoms with Crippen LogP contribution in [0.4, 0.5) is 4.39 Å². The maximum atomic E-state index is 14.6. The van der Waals surface area contributed by atoms with Crippen LogP contribution in [-0.4, -0.2) is 25.2 Å². The van der Waals surface area contributed by atoms with Gasteiger partial charge in [-0.2, -0.15) is 0 Å². The van der Waals surface area contributed by atoms with Gasteiger partial charge in [0, 0.05) is 17.6 Å². The lowest BCUT2D eigenvalue weighted by atomic mass is 9.99. The van der Waals surface area contributed by atoms with Crippen LogP contribution in [0.25, 0.3) is 22.3 Å². The highest BCUT2D eigenvalue weighted by molar-refractivity contribution is 5.89. The Morgan fingerprint density at radius 3 is 2.00 bits per heavy atom. The van der Waals surface area contributed by atoms with Gasteiger partial charge in [-0.25, -0.2) is 14.0 Å². The van der Waals surface area contributed by atoms with Crippen LogP contribution < -0.4 is 9.47 Å². The smallest absolute Gasteiger partial charge is 0.338 e. The Kier molecular flexibility index (Phi) is 8.57. The molecule has 3 aromatic carbocycles. The van der Waals surface area contributed by atoms with Crippen LogP contribution in [0.3, 0.4) is 0 Å². The first-order valence-corrected chi connectivity index (χ1v) is 11.1. The fourth-order valence-electron chi connectivity index (χ4n) is 3.11. The second-order valence-corrected chi connectivity index (χ2v) is 8.04. The summed E-state index contributed by atoms with van der Waals surface area (Å²) in [4.78, 5) is 23.0. The van der Waals surface area contributed by atoms with Gasteiger partial charge < -0.3 is 14.2 Å². The quantitative estimate of drug-likeness (QED) is 0.145. The zero-order valence-corrected chi connectivity index (χ0v) is 19.8. The van der Waals surface area contributed by atoms with Gasteiger partial charge in [0.05, 0.1) is 13.2 Å². The van der Waals surface area contributed by atoms with Gasteiger partial charge in [-0.05, 0) is 66.4 Å². The molecular weight excluding hydrogens is 447 g/mol. The molecule has 0 spiro atoms. The fourth-order valence-corrected chi connectivity index (χ4v) is 3.11. The molecule has 3 rings (SSSR count). The average molecular weight is 475 g/mol. The predicted octanol–water partition coefficient (Wildman–Crippen LogP) is 6.53. The maximum absolute atomic E-state index is 14.6. The van der Waals surface area contributed by atoms with E-state index in [1.54, 1.807) is 38.1 Å². The lowest BCUT2D eigenvalue weighted by Gasteiger charge is -2.11. The zero-order chi connectivity index (χ0) is 25.4. The molecule has 5 nitrogen and oxygen atoms in total. The lowest BCUT2D eigenvalue weighted by molar-refractivity contribution is -0.139. The highest BCUT2D eigenvalue weighted by Crippen LogP contribution is 2.30. The van der Waals surface area contributed by atoms with E-state index in [4.69, 9.17) is 14.2 Å². The number of carbonyl (C=O) groups is 2. The molecule has 0 aliphatic heterocycles. The second-order valence-electron chi connectivity index (χ2n) is 8.04. The molecule has 0 atom stereocenters. The van der Waals surface area contributed by atoms with Gasteiger partial charge in [0.15, 0.2) is 11.6 Å². The largest absolute Gasteiger partial charge is 0.490 e. The van der Waals surface area contributed by atoms with Crippen LogP contribution >= 0.6 is 0 Å². The third-order valence-electron chi connectivity index (χ3n) is 5.00. The first kappa shape index (κ1) is 25.4. The third kappa shape index (κ3) is 7.14. The average Bonchev–Trinajstić information content (AvgIpc) is 2.85. The van der Waals surface area contributed by atoms with E-state index in [0.29, 0.717) is 28.9 Å². The number of benzene rings is 3. The van der Waals surface area contributed by atoms with Crippen LogP contribution in [-0.2, 0) is 14.3 Å². The molecule has 0 fully saturated rings. The minimum atomic E-state index is -0.476. The van der Waals surface area contributed by atoms with Crippen LogP contribution in [0.15, 0.2) is 91.0 Å². The Bertz CT molecular complexity index is 1240. The molecule has 0 heterocycles. The van der Waals surface area contributed by atoms with Crippen molar-refractivity contribution in [2.75, 3.05) is 13.2 Å². The number of ether oxygens (including phenoxy) is 3. The van der Waals surface area contributed by atoms with Crippen molar-refractivity contribution in [1.82, 2.24) is 0 Å². The molecule has 180 valence electrons. The van der Waals surface area contributed by atoms with Gasteiger partial charge in [0.2, 0.25) is 0 Å². The van der Waals surface area contributed by atoms with E-state index < -0.39 is 17.8 Å². The molecule has 0 aliphatic rings. The van der Waals surface area contributed by atoms with Crippen LogP contribution in [0.5, 0.6) is 11.5 Å². The first-order valence-electron chi connectivity index (χ1n) is 11.1. The Balaban J connectivity index is 1.64. The Morgan fingerprint density at radius 1 is 0.771 bits per heavy atom. The van der Waals surface area contributed by atoms with Crippen molar-refractivity contribution >= 4 is 11.9 Å².